The van der Waals surface area contributed by atoms with Crippen LogP contribution in [-0.4, -0.2) is 28.5 Å². The van der Waals surface area contributed by atoms with Gasteiger partial charge in [-0.05, 0) is 45.8 Å². The Kier molecular flexibility index (Phi) is 4.38. The number of hydrogen-bond donors (Lipinski definition) is 1. The van der Waals surface area contributed by atoms with Crippen LogP contribution in [0.15, 0.2) is 11.7 Å². The second kappa shape index (κ2) is 6.02. The van der Waals surface area contributed by atoms with Gasteiger partial charge >= 0.3 is 0 Å². The summed E-state index contributed by atoms with van der Waals surface area (Å²) in [6, 6.07) is 0. The average Bonchev–Trinajstić information content (AvgIpc) is 2.86. The molecule has 0 spiro atoms. The van der Waals surface area contributed by atoms with Gasteiger partial charge in [0.15, 0.2) is 5.82 Å². The molecule has 18 heavy (non-hydrogen) atoms. The quantitative estimate of drug-likeness (QED) is 0.841. The molecule has 0 aliphatic heterocycles. The van der Waals surface area contributed by atoms with Crippen molar-refractivity contribution in [1.29, 1.82) is 0 Å². The number of thiazole rings is 1. The number of aryl methyl sites for hydroxylation is 2. The third kappa shape index (κ3) is 2.91. The summed E-state index contributed by atoms with van der Waals surface area (Å²) in [5.41, 5.74) is 5.26. The van der Waals surface area contributed by atoms with Crippen LogP contribution in [-0.2, 0) is 6.42 Å². The Hall–Kier alpha value is -1.33. The van der Waals surface area contributed by atoms with E-state index in [1.54, 1.807) is 11.3 Å². The van der Waals surface area contributed by atoms with E-state index < -0.39 is 0 Å². The zero-order valence-electron chi connectivity index (χ0n) is 11.0. The van der Waals surface area contributed by atoms with Gasteiger partial charge in [0.2, 0.25) is 0 Å². The topological polar surface area (TPSA) is 50.7 Å². The third-order valence-corrected chi connectivity index (χ3v) is 3.70. The molecule has 2 aromatic rings. The van der Waals surface area contributed by atoms with Crippen molar-refractivity contribution in [1.82, 2.24) is 20.3 Å². The zero-order chi connectivity index (χ0) is 13.0. The number of rotatable bonds is 5. The molecular weight excluding hydrogens is 244 g/mol. The molecule has 5 heteroatoms. The number of hydrogen-bond acceptors (Lipinski definition) is 5. The minimum Gasteiger partial charge on any atom is -0.320 e. The second-order valence-corrected chi connectivity index (χ2v) is 5.16. The Balaban J connectivity index is 2.24. The Morgan fingerprint density at radius 2 is 1.94 bits per heavy atom. The molecule has 2 rings (SSSR count). The van der Waals surface area contributed by atoms with Gasteiger partial charge in [-0.2, -0.15) is 0 Å². The Labute approximate surface area is 112 Å². The number of nitrogens with zero attached hydrogens (tertiary/aromatic N) is 3. The van der Waals surface area contributed by atoms with Gasteiger partial charge in [-0.3, -0.25) is 4.98 Å². The van der Waals surface area contributed by atoms with Crippen molar-refractivity contribution in [2.45, 2.75) is 26.7 Å². The van der Waals surface area contributed by atoms with E-state index in [0.29, 0.717) is 0 Å². The maximum absolute atomic E-state index is 4.59. The number of nitrogens with one attached hydrogen (secondary N) is 1. The molecule has 0 saturated heterocycles. The van der Waals surface area contributed by atoms with Crippen LogP contribution in [0.2, 0.25) is 0 Å². The lowest BCUT2D eigenvalue weighted by Crippen LogP contribution is -2.10. The third-order valence-electron chi connectivity index (χ3n) is 2.93. The first-order valence-corrected chi connectivity index (χ1v) is 6.98. The Morgan fingerprint density at radius 3 is 2.50 bits per heavy atom. The zero-order valence-corrected chi connectivity index (χ0v) is 11.8. The smallest absolute Gasteiger partial charge is 0.171 e. The highest BCUT2D eigenvalue weighted by Gasteiger charge is 2.10. The minimum atomic E-state index is 0.796. The van der Waals surface area contributed by atoms with Gasteiger partial charge in [0.25, 0.3) is 0 Å². The van der Waals surface area contributed by atoms with Crippen LogP contribution in [0.25, 0.3) is 10.7 Å². The van der Waals surface area contributed by atoms with E-state index in [-0.39, 0.29) is 0 Å². The average molecular weight is 262 g/mol. The van der Waals surface area contributed by atoms with Gasteiger partial charge in [0, 0.05) is 17.6 Å². The van der Waals surface area contributed by atoms with Gasteiger partial charge in [0.1, 0.15) is 0 Å². The molecule has 0 aliphatic carbocycles. The molecular formula is C13H18N4S. The van der Waals surface area contributed by atoms with Crippen LogP contribution >= 0.6 is 11.3 Å². The van der Waals surface area contributed by atoms with Crippen LogP contribution in [0.3, 0.4) is 0 Å². The van der Waals surface area contributed by atoms with Crippen molar-refractivity contribution < 1.29 is 0 Å². The Morgan fingerprint density at radius 1 is 1.22 bits per heavy atom. The van der Waals surface area contributed by atoms with Crippen LogP contribution in [0.4, 0.5) is 0 Å². The predicted molar refractivity (Wildman–Crippen MR) is 74.9 cm³/mol. The molecule has 0 radical (unpaired) electrons. The molecule has 1 N–H and O–H groups in total. The lowest BCUT2D eigenvalue weighted by molar-refractivity contribution is 0.715. The lowest BCUT2D eigenvalue weighted by Gasteiger charge is -2.10. The van der Waals surface area contributed by atoms with Crippen molar-refractivity contribution in [3.63, 3.8) is 0 Å². The minimum absolute atomic E-state index is 0.796. The highest BCUT2D eigenvalue weighted by Crippen LogP contribution is 2.22. The molecule has 0 atom stereocenters. The van der Waals surface area contributed by atoms with Gasteiger partial charge in [-0.1, -0.05) is 0 Å². The summed E-state index contributed by atoms with van der Waals surface area (Å²) in [5.74, 6) is 0.796. The predicted octanol–water partition coefficient (Wildman–Crippen LogP) is 2.37. The fourth-order valence-electron chi connectivity index (χ4n) is 1.98. The highest BCUT2D eigenvalue weighted by molar-refractivity contribution is 7.13. The SMILES string of the molecule is CNCCCc1c(C)nc(-c2cncs2)nc1C. The summed E-state index contributed by atoms with van der Waals surface area (Å²) in [5, 5.41) is 3.16. The van der Waals surface area contributed by atoms with Gasteiger partial charge in [-0.15, -0.1) is 11.3 Å². The summed E-state index contributed by atoms with van der Waals surface area (Å²) >= 11 is 1.57. The monoisotopic (exact) mass is 262 g/mol. The maximum atomic E-state index is 4.59. The van der Waals surface area contributed by atoms with E-state index in [4.69, 9.17) is 0 Å². The van der Waals surface area contributed by atoms with E-state index >= 15 is 0 Å². The van der Waals surface area contributed by atoms with Crippen LogP contribution < -0.4 is 5.32 Å². The molecule has 0 unspecified atom stereocenters. The van der Waals surface area contributed by atoms with E-state index in [2.05, 4.69) is 34.1 Å². The molecule has 0 aromatic carbocycles. The first kappa shape index (κ1) is 13.1. The fourth-order valence-corrected chi connectivity index (χ4v) is 2.53. The molecule has 0 bridgehead atoms. The van der Waals surface area contributed by atoms with Gasteiger partial charge < -0.3 is 5.32 Å². The maximum Gasteiger partial charge on any atom is 0.171 e. The standard InChI is InChI=1S/C13H18N4S/c1-9-11(5-4-6-14-3)10(2)17-13(16-9)12-7-15-8-18-12/h7-8,14H,4-6H2,1-3H3. The summed E-state index contributed by atoms with van der Waals surface area (Å²) in [6.07, 6.45) is 3.96. The van der Waals surface area contributed by atoms with Gasteiger partial charge in [-0.25, -0.2) is 9.97 Å². The van der Waals surface area contributed by atoms with E-state index in [1.165, 1.54) is 5.56 Å². The largest absolute Gasteiger partial charge is 0.320 e. The molecule has 2 aromatic heterocycles. The molecule has 0 fully saturated rings. The molecule has 0 amide bonds. The van der Waals surface area contributed by atoms with E-state index in [9.17, 15) is 0 Å². The molecule has 96 valence electrons. The van der Waals surface area contributed by atoms with Gasteiger partial charge in [0.05, 0.1) is 10.4 Å². The van der Waals surface area contributed by atoms with Crippen LogP contribution in [0.1, 0.15) is 23.4 Å². The van der Waals surface area contributed by atoms with Crippen molar-refractivity contribution in [3.8, 4) is 10.7 Å². The molecule has 2 heterocycles. The molecule has 0 saturated carbocycles. The second-order valence-electron chi connectivity index (χ2n) is 4.27. The molecule has 4 nitrogen and oxygen atoms in total. The first-order chi connectivity index (χ1) is 8.72. The highest BCUT2D eigenvalue weighted by atomic mass is 32.1. The lowest BCUT2D eigenvalue weighted by atomic mass is 10.1. The van der Waals surface area contributed by atoms with Crippen molar-refractivity contribution in [3.05, 3.63) is 28.7 Å². The Bertz CT molecular complexity index is 485. The van der Waals surface area contributed by atoms with Crippen molar-refractivity contribution in [2.24, 2.45) is 0 Å². The van der Waals surface area contributed by atoms with Crippen LogP contribution in [0, 0.1) is 13.8 Å². The summed E-state index contributed by atoms with van der Waals surface area (Å²) < 4.78 is 0. The summed E-state index contributed by atoms with van der Waals surface area (Å²) in [4.78, 5) is 14.3. The summed E-state index contributed by atoms with van der Waals surface area (Å²) in [6.45, 7) is 5.15. The molecule has 0 aliphatic rings. The van der Waals surface area contributed by atoms with Crippen molar-refractivity contribution >= 4 is 11.3 Å². The first-order valence-electron chi connectivity index (χ1n) is 6.10. The fraction of sp³-hybridized carbons (Fsp3) is 0.462. The van der Waals surface area contributed by atoms with E-state index in [0.717, 1.165) is 41.5 Å². The van der Waals surface area contributed by atoms with Crippen molar-refractivity contribution in [2.75, 3.05) is 13.6 Å². The number of aromatic nitrogens is 3. The van der Waals surface area contributed by atoms with E-state index in [1.807, 2.05) is 18.8 Å². The summed E-state index contributed by atoms with van der Waals surface area (Å²) in [7, 11) is 1.98. The normalized spacial score (nSPS) is 10.8. The van der Waals surface area contributed by atoms with Crippen LogP contribution in [0.5, 0.6) is 0 Å².